The second-order valence-electron chi connectivity index (χ2n) is 4.67. The van der Waals surface area contributed by atoms with Crippen molar-refractivity contribution in [1.82, 2.24) is 4.98 Å². The van der Waals surface area contributed by atoms with E-state index in [2.05, 4.69) is 20.9 Å². The molecule has 0 unspecified atom stereocenters. The first-order chi connectivity index (χ1) is 10.6. The first kappa shape index (κ1) is 16.5. The first-order valence-electron chi connectivity index (χ1n) is 7.20. The third-order valence-electron chi connectivity index (χ3n) is 3.24. The summed E-state index contributed by atoms with van der Waals surface area (Å²) in [6.45, 7) is 4.17. The molecule has 0 aliphatic rings. The normalized spacial score (nSPS) is 10.7. The van der Waals surface area contributed by atoms with E-state index >= 15 is 0 Å². The number of halogens is 1. The molecule has 0 radical (unpaired) electrons. The fraction of sp³-hybridized carbons (Fsp3) is 0.375. The number of nitrogens with one attached hydrogen (secondary N) is 1. The Morgan fingerprint density at radius 3 is 2.59 bits per heavy atom. The number of ether oxygens (including phenoxy) is 2. The summed E-state index contributed by atoms with van der Waals surface area (Å²) >= 11 is 3.50. The molecule has 6 heteroatoms. The van der Waals surface area contributed by atoms with Crippen LogP contribution in [-0.2, 0) is 20.7 Å². The van der Waals surface area contributed by atoms with Crippen molar-refractivity contribution in [2.75, 3.05) is 13.2 Å². The molecule has 0 spiro atoms. The summed E-state index contributed by atoms with van der Waals surface area (Å²) in [7, 11) is 0. The largest absolute Gasteiger partial charge is 0.466 e. The molecule has 1 heterocycles. The summed E-state index contributed by atoms with van der Waals surface area (Å²) in [6.07, 6.45) is 0.629. The Hall–Kier alpha value is -1.82. The second-order valence-corrected chi connectivity index (χ2v) is 5.52. The number of esters is 2. The highest BCUT2D eigenvalue weighted by Gasteiger charge is 2.21. The van der Waals surface area contributed by atoms with Gasteiger partial charge in [-0.2, -0.15) is 0 Å². The Morgan fingerprint density at radius 2 is 1.91 bits per heavy atom. The van der Waals surface area contributed by atoms with Crippen LogP contribution in [0.3, 0.4) is 0 Å². The minimum atomic E-state index is -0.413. The summed E-state index contributed by atoms with van der Waals surface area (Å²) in [5.74, 6) is -0.692. The molecular weight excluding hydrogens is 350 g/mol. The maximum Gasteiger partial charge on any atom is 0.355 e. The fourth-order valence-corrected chi connectivity index (χ4v) is 2.96. The summed E-state index contributed by atoms with van der Waals surface area (Å²) in [5.41, 5.74) is 2.00. The fourth-order valence-electron chi connectivity index (χ4n) is 2.36. The predicted molar refractivity (Wildman–Crippen MR) is 86.9 cm³/mol. The molecule has 1 aromatic carbocycles. The van der Waals surface area contributed by atoms with Gasteiger partial charge in [-0.3, -0.25) is 4.79 Å². The van der Waals surface area contributed by atoms with E-state index < -0.39 is 5.97 Å². The Kier molecular flexibility index (Phi) is 5.60. The van der Waals surface area contributed by atoms with Gasteiger partial charge in [-0.15, -0.1) is 0 Å². The number of aryl methyl sites for hydroxylation is 1. The van der Waals surface area contributed by atoms with Crippen molar-refractivity contribution in [2.45, 2.75) is 26.7 Å². The molecule has 1 aromatic heterocycles. The molecule has 22 heavy (non-hydrogen) atoms. The van der Waals surface area contributed by atoms with Gasteiger partial charge in [0.15, 0.2) is 0 Å². The van der Waals surface area contributed by atoms with Crippen LogP contribution in [0.25, 0.3) is 10.9 Å². The highest BCUT2D eigenvalue weighted by Crippen LogP contribution is 2.31. The topological polar surface area (TPSA) is 68.4 Å². The number of carbonyl (C=O) groups is 2. The number of H-pyrrole nitrogens is 1. The van der Waals surface area contributed by atoms with Gasteiger partial charge < -0.3 is 14.5 Å². The summed E-state index contributed by atoms with van der Waals surface area (Å²) < 4.78 is 10.9. The van der Waals surface area contributed by atoms with E-state index in [9.17, 15) is 9.59 Å². The third kappa shape index (κ3) is 3.50. The number of hydrogen-bond acceptors (Lipinski definition) is 4. The molecule has 0 aliphatic heterocycles. The van der Waals surface area contributed by atoms with Crippen molar-refractivity contribution in [1.29, 1.82) is 0 Å². The van der Waals surface area contributed by atoms with E-state index in [4.69, 9.17) is 9.47 Å². The molecule has 0 fully saturated rings. The van der Waals surface area contributed by atoms with Gasteiger partial charge in [-0.05, 0) is 38.0 Å². The molecule has 1 N–H and O–H groups in total. The van der Waals surface area contributed by atoms with Gasteiger partial charge in [0.25, 0.3) is 0 Å². The Balaban J connectivity index is 2.40. The summed E-state index contributed by atoms with van der Waals surface area (Å²) in [4.78, 5) is 26.8. The van der Waals surface area contributed by atoms with E-state index in [-0.39, 0.29) is 12.4 Å². The van der Waals surface area contributed by atoms with Crippen LogP contribution >= 0.6 is 15.9 Å². The van der Waals surface area contributed by atoms with Gasteiger partial charge in [0.1, 0.15) is 5.69 Å². The molecule has 2 rings (SSSR count). The Bertz CT molecular complexity index is 693. The third-order valence-corrected chi connectivity index (χ3v) is 3.90. The number of fused-ring (bicyclic) bond motifs is 1. The molecule has 2 aromatic rings. The number of hydrogen-bond donors (Lipinski definition) is 1. The van der Waals surface area contributed by atoms with Gasteiger partial charge in [-0.1, -0.05) is 22.0 Å². The van der Waals surface area contributed by atoms with Gasteiger partial charge in [0.2, 0.25) is 0 Å². The van der Waals surface area contributed by atoms with Gasteiger partial charge >= 0.3 is 11.9 Å². The molecule has 0 saturated heterocycles. The first-order valence-corrected chi connectivity index (χ1v) is 7.99. The van der Waals surface area contributed by atoms with Crippen molar-refractivity contribution in [2.24, 2.45) is 0 Å². The minimum Gasteiger partial charge on any atom is -0.466 e. The standard InChI is InChI=1S/C16H18BrNO4/c1-3-21-13(19)9-8-10-14-11(17)6-5-7-12(14)18-15(10)16(20)22-4-2/h5-7,18H,3-4,8-9H2,1-2H3. The number of rotatable bonds is 6. The predicted octanol–water partition coefficient (Wildman–Crippen LogP) is 3.60. The lowest BCUT2D eigenvalue weighted by molar-refractivity contribution is -0.143. The van der Waals surface area contributed by atoms with Gasteiger partial charge in [0.05, 0.1) is 13.2 Å². The van der Waals surface area contributed by atoms with Crippen molar-refractivity contribution in [3.63, 3.8) is 0 Å². The van der Waals surface area contributed by atoms with E-state index in [1.807, 2.05) is 18.2 Å². The lowest BCUT2D eigenvalue weighted by Gasteiger charge is -2.05. The van der Waals surface area contributed by atoms with Crippen molar-refractivity contribution in [3.8, 4) is 0 Å². The molecular formula is C16H18BrNO4. The van der Waals surface area contributed by atoms with Crippen LogP contribution in [-0.4, -0.2) is 30.1 Å². The van der Waals surface area contributed by atoms with Crippen LogP contribution in [0.5, 0.6) is 0 Å². The zero-order valence-electron chi connectivity index (χ0n) is 12.6. The average molecular weight is 368 g/mol. The number of benzene rings is 1. The van der Waals surface area contributed by atoms with Crippen LogP contribution in [0.15, 0.2) is 22.7 Å². The Morgan fingerprint density at radius 1 is 1.18 bits per heavy atom. The van der Waals surface area contributed by atoms with Gasteiger partial charge in [-0.25, -0.2) is 4.79 Å². The minimum absolute atomic E-state index is 0.217. The number of carbonyl (C=O) groups excluding carboxylic acids is 2. The quantitative estimate of drug-likeness (QED) is 0.791. The van der Waals surface area contributed by atoms with Crippen LogP contribution in [0.4, 0.5) is 0 Å². The van der Waals surface area contributed by atoms with Crippen LogP contribution in [0.2, 0.25) is 0 Å². The summed E-state index contributed by atoms with van der Waals surface area (Å²) in [5, 5.41) is 0.898. The monoisotopic (exact) mass is 367 g/mol. The second kappa shape index (κ2) is 7.45. The van der Waals surface area contributed by atoms with E-state index in [0.29, 0.717) is 25.3 Å². The molecule has 0 bridgehead atoms. The maximum atomic E-state index is 12.1. The lowest BCUT2D eigenvalue weighted by atomic mass is 10.1. The average Bonchev–Trinajstić information content (AvgIpc) is 2.86. The highest BCUT2D eigenvalue weighted by atomic mass is 79.9. The number of aromatic nitrogens is 1. The molecule has 118 valence electrons. The van der Waals surface area contributed by atoms with E-state index in [1.165, 1.54) is 0 Å². The molecule has 0 saturated carbocycles. The smallest absolute Gasteiger partial charge is 0.355 e. The van der Waals surface area contributed by atoms with Crippen molar-refractivity contribution < 1.29 is 19.1 Å². The van der Waals surface area contributed by atoms with Crippen LogP contribution in [0, 0.1) is 0 Å². The highest BCUT2D eigenvalue weighted by molar-refractivity contribution is 9.10. The van der Waals surface area contributed by atoms with Crippen molar-refractivity contribution in [3.05, 3.63) is 33.9 Å². The summed E-state index contributed by atoms with van der Waals surface area (Å²) in [6, 6.07) is 5.67. The zero-order valence-corrected chi connectivity index (χ0v) is 14.2. The molecule has 0 atom stereocenters. The lowest BCUT2D eigenvalue weighted by Crippen LogP contribution is -2.10. The van der Waals surface area contributed by atoms with E-state index in [0.717, 1.165) is 20.9 Å². The zero-order chi connectivity index (χ0) is 16.1. The molecule has 0 amide bonds. The van der Waals surface area contributed by atoms with Crippen molar-refractivity contribution >= 4 is 38.8 Å². The van der Waals surface area contributed by atoms with E-state index in [1.54, 1.807) is 13.8 Å². The SMILES string of the molecule is CCOC(=O)CCc1c(C(=O)OCC)[nH]c2cccc(Br)c12. The molecule has 0 aliphatic carbocycles. The maximum absolute atomic E-state index is 12.1. The molecule has 5 nitrogen and oxygen atoms in total. The van der Waals surface area contributed by atoms with Gasteiger partial charge in [0, 0.05) is 21.8 Å². The van der Waals surface area contributed by atoms with Crippen LogP contribution in [0.1, 0.15) is 36.3 Å². The number of aromatic amines is 1. The Labute approximate surface area is 137 Å². The van der Waals surface area contributed by atoms with Crippen LogP contribution < -0.4 is 0 Å².